The number of carbonyl (C=O) groups is 1. The van der Waals surface area contributed by atoms with Crippen LogP contribution in [0.2, 0.25) is 4.82 Å². The van der Waals surface area contributed by atoms with E-state index in [-0.39, 0.29) is 26.4 Å². The second kappa shape index (κ2) is 6.66. The third-order valence-electron chi connectivity index (χ3n) is 1.99. The summed E-state index contributed by atoms with van der Waals surface area (Å²) >= 11 is -0.0482. The van der Waals surface area contributed by atoms with E-state index in [1.54, 1.807) is 13.8 Å². The second-order valence-corrected chi connectivity index (χ2v) is 6.33. The summed E-state index contributed by atoms with van der Waals surface area (Å²) in [5.74, 6) is -0.743. The molecule has 4 heteroatoms. The molecule has 0 aromatic heterocycles. The van der Waals surface area contributed by atoms with Crippen LogP contribution in [0.4, 0.5) is 4.39 Å². The van der Waals surface area contributed by atoms with Crippen molar-refractivity contribution in [3.63, 3.8) is 0 Å². The monoisotopic (exact) mass is 290 g/mol. The van der Waals surface area contributed by atoms with Crippen molar-refractivity contribution < 1.29 is 13.9 Å². The number of hydrogen-bond donors (Lipinski definition) is 0. The zero-order valence-corrected chi connectivity index (χ0v) is 11.1. The molecule has 0 saturated carbocycles. The van der Waals surface area contributed by atoms with Crippen LogP contribution >= 0.6 is 0 Å². The van der Waals surface area contributed by atoms with E-state index >= 15 is 0 Å². The molecule has 2 unspecified atom stereocenters. The van der Waals surface area contributed by atoms with Crippen LogP contribution in [0.15, 0.2) is 30.3 Å². The Balaban J connectivity index is 2.52. The van der Waals surface area contributed by atoms with Crippen LogP contribution in [0.5, 0.6) is 0 Å². The minimum absolute atomic E-state index is 0.0482. The van der Waals surface area contributed by atoms with E-state index in [0.29, 0.717) is 0 Å². The molecular formula is C12H15FO2Se. The van der Waals surface area contributed by atoms with E-state index in [9.17, 15) is 9.18 Å². The van der Waals surface area contributed by atoms with E-state index in [2.05, 4.69) is 4.74 Å². The Labute approximate surface area is 101 Å². The molecule has 1 rings (SSSR count). The van der Waals surface area contributed by atoms with Gasteiger partial charge >= 0.3 is 101 Å². The Morgan fingerprint density at radius 3 is 2.62 bits per heavy atom. The fraction of sp³-hybridized carbons (Fsp3) is 0.417. The average Bonchev–Trinajstić information content (AvgIpc) is 2.29. The Kier molecular flexibility index (Phi) is 5.50. The summed E-state index contributed by atoms with van der Waals surface area (Å²) in [6.07, 6.45) is -1.51. The van der Waals surface area contributed by atoms with Gasteiger partial charge in [0.15, 0.2) is 0 Å². The molecule has 0 N–H and O–H groups in total. The number of halogens is 1. The van der Waals surface area contributed by atoms with Crippen molar-refractivity contribution in [2.24, 2.45) is 0 Å². The van der Waals surface area contributed by atoms with Crippen LogP contribution in [0.1, 0.15) is 13.8 Å². The molecule has 0 aliphatic rings. The molecule has 88 valence electrons. The van der Waals surface area contributed by atoms with Crippen LogP contribution in [-0.4, -0.2) is 33.7 Å². The van der Waals surface area contributed by atoms with Gasteiger partial charge in [0, 0.05) is 0 Å². The first kappa shape index (κ1) is 13.2. The van der Waals surface area contributed by atoms with Crippen molar-refractivity contribution in [2.75, 3.05) is 6.61 Å². The van der Waals surface area contributed by atoms with Gasteiger partial charge in [0.1, 0.15) is 0 Å². The van der Waals surface area contributed by atoms with Crippen molar-refractivity contribution >= 4 is 25.4 Å². The predicted molar refractivity (Wildman–Crippen MR) is 62.8 cm³/mol. The fourth-order valence-corrected chi connectivity index (χ4v) is 3.23. The summed E-state index contributed by atoms with van der Waals surface area (Å²) in [5.41, 5.74) is 0. The molecule has 2 nitrogen and oxygen atoms in total. The maximum atomic E-state index is 13.6. The number of benzene rings is 1. The molecule has 0 aliphatic heterocycles. The zero-order valence-electron chi connectivity index (χ0n) is 9.35. The maximum absolute atomic E-state index is 13.6. The van der Waals surface area contributed by atoms with Crippen molar-refractivity contribution in [3.8, 4) is 0 Å². The molecule has 1 aromatic rings. The summed E-state index contributed by atoms with van der Waals surface area (Å²) in [7, 11) is 0. The van der Waals surface area contributed by atoms with Crippen LogP contribution in [0.3, 0.4) is 0 Å². The third kappa shape index (κ3) is 3.95. The molecule has 2 atom stereocenters. The number of carbonyl (C=O) groups excluding carboxylic acids is 1. The van der Waals surface area contributed by atoms with E-state index in [1.807, 2.05) is 30.3 Å². The molecule has 0 spiro atoms. The zero-order chi connectivity index (χ0) is 12.0. The van der Waals surface area contributed by atoms with Crippen LogP contribution in [-0.2, 0) is 9.53 Å². The molecule has 0 bridgehead atoms. The first-order chi connectivity index (χ1) is 7.65. The van der Waals surface area contributed by atoms with Crippen molar-refractivity contribution in [1.82, 2.24) is 0 Å². The number of hydrogen-bond acceptors (Lipinski definition) is 2. The standard InChI is InChI=1S/C12H15FO2Se/c1-3-15-12(14)11(13)9(2)16-10-7-5-4-6-8-10/h4-9,11H,3H2,1-2H3. The van der Waals surface area contributed by atoms with Gasteiger partial charge in [0.25, 0.3) is 0 Å². The molecule has 0 fully saturated rings. The summed E-state index contributed by atoms with van der Waals surface area (Å²) in [6, 6.07) is 9.66. The van der Waals surface area contributed by atoms with Gasteiger partial charge < -0.3 is 0 Å². The Hall–Kier alpha value is -0.861. The fourth-order valence-electron chi connectivity index (χ4n) is 1.19. The number of alkyl halides is 1. The number of ether oxygens (including phenoxy) is 1. The Morgan fingerprint density at radius 2 is 2.06 bits per heavy atom. The van der Waals surface area contributed by atoms with Gasteiger partial charge in [-0.3, -0.25) is 0 Å². The third-order valence-corrected chi connectivity index (χ3v) is 4.41. The molecule has 16 heavy (non-hydrogen) atoms. The van der Waals surface area contributed by atoms with Crippen molar-refractivity contribution in [1.29, 1.82) is 0 Å². The van der Waals surface area contributed by atoms with E-state index in [1.165, 1.54) is 0 Å². The minimum atomic E-state index is -1.51. The number of esters is 1. The second-order valence-electron chi connectivity index (χ2n) is 3.29. The quantitative estimate of drug-likeness (QED) is 0.609. The molecule has 0 radical (unpaired) electrons. The van der Waals surface area contributed by atoms with Gasteiger partial charge in [0.05, 0.1) is 0 Å². The van der Waals surface area contributed by atoms with Crippen molar-refractivity contribution in [3.05, 3.63) is 30.3 Å². The van der Waals surface area contributed by atoms with Gasteiger partial charge in [-0.1, -0.05) is 0 Å². The predicted octanol–water partition coefficient (Wildman–Crippen LogP) is 1.73. The molecule has 0 heterocycles. The van der Waals surface area contributed by atoms with Gasteiger partial charge in [0.2, 0.25) is 0 Å². The molecule has 1 aromatic carbocycles. The van der Waals surface area contributed by atoms with Crippen molar-refractivity contribution in [2.45, 2.75) is 24.8 Å². The SMILES string of the molecule is CCOC(=O)C(F)C(C)[Se]c1ccccc1. The molecule has 0 aliphatic carbocycles. The Bertz CT molecular complexity index is 329. The normalized spacial score (nSPS) is 14.2. The van der Waals surface area contributed by atoms with Crippen LogP contribution in [0, 0.1) is 0 Å². The molecule has 0 amide bonds. The summed E-state index contributed by atoms with van der Waals surface area (Å²) in [5, 5.41) is 0. The topological polar surface area (TPSA) is 26.3 Å². The first-order valence-electron chi connectivity index (χ1n) is 5.17. The van der Waals surface area contributed by atoms with Gasteiger partial charge in [-0.05, 0) is 0 Å². The molecular weight excluding hydrogens is 274 g/mol. The van der Waals surface area contributed by atoms with Gasteiger partial charge in [-0.15, -0.1) is 0 Å². The summed E-state index contributed by atoms with van der Waals surface area (Å²) < 4.78 is 19.4. The Morgan fingerprint density at radius 1 is 1.44 bits per heavy atom. The molecule has 0 saturated heterocycles. The van der Waals surface area contributed by atoms with Crippen LogP contribution < -0.4 is 4.46 Å². The van der Waals surface area contributed by atoms with E-state index in [0.717, 1.165) is 4.46 Å². The average molecular weight is 289 g/mol. The van der Waals surface area contributed by atoms with Gasteiger partial charge in [-0.2, -0.15) is 0 Å². The number of rotatable bonds is 5. The summed E-state index contributed by atoms with van der Waals surface area (Å²) in [4.78, 5) is 10.9. The van der Waals surface area contributed by atoms with Crippen LogP contribution in [0.25, 0.3) is 0 Å². The van der Waals surface area contributed by atoms with E-state index < -0.39 is 12.1 Å². The van der Waals surface area contributed by atoms with Gasteiger partial charge in [-0.25, -0.2) is 0 Å². The summed E-state index contributed by atoms with van der Waals surface area (Å²) in [6.45, 7) is 3.65. The van der Waals surface area contributed by atoms with E-state index in [4.69, 9.17) is 0 Å². The first-order valence-corrected chi connectivity index (χ1v) is 7.02.